The molecular weight excluding hydrogens is 312 g/mol. The van der Waals surface area contributed by atoms with Crippen LogP contribution in [0.5, 0.6) is 0 Å². The Bertz CT molecular complexity index is 654. The van der Waals surface area contributed by atoms with E-state index in [0.717, 1.165) is 5.56 Å². The summed E-state index contributed by atoms with van der Waals surface area (Å²) >= 11 is 7.33. The number of halogens is 1. The number of nitrogens with two attached hydrogens (primary N) is 1. The van der Waals surface area contributed by atoms with Crippen molar-refractivity contribution < 1.29 is 9.53 Å². The maximum absolute atomic E-state index is 11.6. The predicted molar refractivity (Wildman–Crippen MR) is 81.2 cm³/mol. The van der Waals surface area contributed by atoms with E-state index in [9.17, 15) is 4.79 Å². The van der Waals surface area contributed by atoms with E-state index in [-0.39, 0.29) is 18.0 Å². The molecule has 0 atom stereocenters. The smallest absolute Gasteiger partial charge is 0.343 e. The van der Waals surface area contributed by atoms with Crippen molar-refractivity contribution in [3.8, 4) is 0 Å². The van der Waals surface area contributed by atoms with Gasteiger partial charge in [-0.2, -0.15) is 0 Å². The Morgan fingerprint density at radius 1 is 1.48 bits per heavy atom. The Kier molecular flexibility index (Phi) is 5.35. The van der Waals surface area contributed by atoms with E-state index in [4.69, 9.17) is 22.1 Å². The summed E-state index contributed by atoms with van der Waals surface area (Å²) in [6, 6.07) is 3.68. The minimum absolute atomic E-state index is 0.100. The Balaban J connectivity index is 2.07. The van der Waals surface area contributed by atoms with E-state index >= 15 is 0 Å². The number of nitrogen functional groups attached to an aromatic ring is 1. The largest absolute Gasteiger partial charge is 0.462 e. The van der Waals surface area contributed by atoms with Gasteiger partial charge in [-0.25, -0.2) is 19.7 Å². The molecule has 0 saturated heterocycles. The van der Waals surface area contributed by atoms with Crippen molar-refractivity contribution in [3.63, 3.8) is 0 Å². The second-order valence-corrected chi connectivity index (χ2v) is 5.21. The molecule has 0 aliphatic carbocycles. The third-order valence-corrected chi connectivity index (χ3v) is 3.74. The molecule has 2 heterocycles. The zero-order valence-electron chi connectivity index (χ0n) is 11.2. The molecule has 0 aliphatic heterocycles. The van der Waals surface area contributed by atoms with Gasteiger partial charge >= 0.3 is 5.97 Å². The lowest BCUT2D eigenvalue weighted by Gasteiger charge is -2.06. The first-order valence-corrected chi connectivity index (χ1v) is 7.50. The number of thioether (sulfide) groups is 1. The van der Waals surface area contributed by atoms with Crippen LogP contribution in [0.1, 0.15) is 22.8 Å². The highest BCUT2D eigenvalue weighted by molar-refractivity contribution is 7.98. The van der Waals surface area contributed by atoms with Gasteiger partial charge in [0.25, 0.3) is 0 Å². The number of nitrogens with zero attached hydrogens (tertiary/aromatic N) is 3. The highest BCUT2D eigenvalue weighted by Crippen LogP contribution is 2.24. The fourth-order valence-corrected chi connectivity index (χ4v) is 2.56. The lowest BCUT2D eigenvalue weighted by molar-refractivity contribution is 0.0526. The van der Waals surface area contributed by atoms with Gasteiger partial charge in [-0.05, 0) is 18.6 Å². The number of hydrogen-bond donors (Lipinski definition) is 1. The number of aromatic nitrogens is 3. The second-order valence-electron chi connectivity index (χ2n) is 3.91. The van der Waals surface area contributed by atoms with Gasteiger partial charge in [-0.1, -0.05) is 29.4 Å². The van der Waals surface area contributed by atoms with E-state index in [1.807, 2.05) is 6.07 Å². The fraction of sp³-hybridized carbons (Fsp3) is 0.231. The fourth-order valence-electron chi connectivity index (χ4n) is 1.48. The summed E-state index contributed by atoms with van der Waals surface area (Å²) in [5.41, 5.74) is 6.79. The number of anilines is 1. The van der Waals surface area contributed by atoms with Gasteiger partial charge in [0.2, 0.25) is 0 Å². The molecule has 0 saturated carbocycles. The van der Waals surface area contributed by atoms with Crippen molar-refractivity contribution in [1.29, 1.82) is 0 Å². The highest BCUT2D eigenvalue weighted by atomic mass is 35.5. The van der Waals surface area contributed by atoms with Crippen LogP contribution in [0.15, 0.2) is 29.7 Å². The Hall–Kier alpha value is -1.86. The summed E-state index contributed by atoms with van der Waals surface area (Å²) in [4.78, 5) is 23.8. The normalized spacial score (nSPS) is 10.4. The molecule has 21 heavy (non-hydrogen) atoms. The molecule has 2 rings (SSSR count). The first-order valence-electron chi connectivity index (χ1n) is 6.13. The summed E-state index contributed by atoms with van der Waals surface area (Å²) in [5.74, 6) is 0.135. The molecule has 0 aromatic carbocycles. The van der Waals surface area contributed by atoms with Crippen molar-refractivity contribution in [2.45, 2.75) is 17.8 Å². The van der Waals surface area contributed by atoms with Gasteiger partial charge < -0.3 is 10.5 Å². The molecule has 6 nitrogen and oxygen atoms in total. The van der Waals surface area contributed by atoms with Crippen LogP contribution in [0.4, 0.5) is 5.82 Å². The summed E-state index contributed by atoms with van der Waals surface area (Å²) < 4.78 is 4.86. The molecule has 8 heteroatoms. The standard InChI is InChI=1S/C13H13ClN4O2S/c1-2-20-12(19)9-6-17-13(18-11(9)15)21-7-8-4-3-5-16-10(8)14/h3-6H,2,7H2,1H3,(H2,15,17,18). The van der Waals surface area contributed by atoms with Crippen LogP contribution in [0.3, 0.4) is 0 Å². The first-order chi connectivity index (χ1) is 10.1. The Morgan fingerprint density at radius 3 is 2.95 bits per heavy atom. The predicted octanol–water partition coefficient (Wildman–Crippen LogP) is 2.58. The third kappa shape index (κ3) is 4.05. The molecule has 0 bridgehead atoms. The molecule has 0 fully saturated rings. The molecule has 2 aromatic rings. The molecule has 0 spiro atoms. The molecule has 0 unspecified atom stereocenters. The highest BCUT2D eigenvalue weighted by Gasteiger charge is 2.14. The molecule has 0 radical (unpaired) electrons. The van der Waals surface area contributed by atoms with Gasteiger partial charge in [0.05, 0.1) is 6.61 Å². The van der Waals surface area contributed by atoms with Crippen LogP contribution in [0.2, 0.25) is 5.15 Å². The SMILES string of the molecule is CCOC(=O)c1cnc(SCc2cccnc2Cl)nc1N. The van der Waals surface area contributed by atoms with Crippen LogP contribution in [-0.2, 0) is 10.5 Å². The molecule has 110 valence electrons. The summed E-state index contributed by atoms with van der Waals surface area (Å²) in [7, 11) is 0. The number of ether oxygens (including phenoxy) is 1. The average molecular weight is 325 g/mol. The van der Waals surface area contributed by atoms with Crippen LogP contribution in [0, 0.1) is 0 Å². The average Bonchev–Trinajstić information content (AvgIpc) is 2.46. The van der Waals surface area contributed by atoms with Gasteiger partial charge in [0.15, 0.2) is 5.16 Å². The van der Waals surface area contributed by atoms with Crippen LogP contribution in [-0.4, -0.2) is 27.5 Å². The van der Waals surface area contributed by atoms with Crippen molar-refractivity contribution in [1.82, 2.24) is 15.0 Å². The maximum Gasteiger partial charge on any atom is 0.343 e. The van der Waals surface area contributed by atoms with E-state index in [1.165, 1.54) is 18.0 Å². The molecule has 0 aliphatic rings. The van der Waals surface area contributed by atoms with Crippen molar-refractivity contribution in [3.05, 3.63) is 40.8 Å². The Morgan fingerprint density at radius 2 is 2.29 bits per heavy atom. The number of hydrogen-bond acceptors (Lipinski definition) is 7. The van der Waals surface area contributed by atoms with E-state index < -0.39 is 5.97 Å². The maximum atomic E-state index is 11.6. The second kappa shape index (κ2) is 7.24. The zero-order chi connectivity index (χ0) is 15.2. The summed E-state index contributed by atoms with van der Waals surface area (Å²) in [6.07, 6.45) is 2.99. The van der Waals surface area contributed by atoms with Crippen molar-refractivity contribution >= 4 is 35.1 Å². The monoisotopic (exact) mass is 324 g/mol. The minimum atomic E-state index is -0.526. The summed E-state index contributed by atoms with van der Waals surface area (Å²) in [6.45, 7) is 1.99. The third-order valence-electron chi connectivity index (χ3n) is 2.48. The zero-order valence-corrected chi connectivity index (χ0v) is 12.8. The number of carbonyl (C=O) groups is 1. The number of rotatable bonds is 5. The number of pyridine rings is 1. The van der Waals surface area contributed by atoms with Crippen molar-refractivity contribution in [2.24, 2.45) is 0 Å². The molecule has 0 amide bonds. The van der Waals surface area contributed by atoms with Crippen LogP contribution >= 0.6 is 23.4 Å². The minimum Gasteiger partial charge on any atom is -0.462 e. The summed E-state index contributed by atoms with van der Waals surface area (Å²) in [5, 5.41) is 0.904. The van der Waals surface area contributed by atoms with Gasteiger partial charge in [0, 0.05) is 18.1 Å². The molecular formula is C13H13ClN4O2S. The van der Waals surface area contributed by atoms with Crippen LogP contribution < -0.4 is 5.73 Å². The van der Waals surface area contributed by atoms with E-state index in [0.29, 0.717) is 16.1 Å². The van der Waals surface area contributed by atoms with Gasteiger partial charge in [-0.15, -0.1) is 0 Å². The van der Waals surface area contributed by atoms with Gasteiger partial charge in [-0.3, -0.25) is 0 Å². The lowest BCUT2D eigenvalue weighted by atomic mass is 10.3. The van der Waals surface area contributed by atoms with E-state index in [2.05, 4.69) is 15.0 Å². The lowest BCUT2D eigenvalue weighted by Crippen LogP contribution is -2.10. The Labute approximate surface area is 131 Å². The number of carbonyl (C=O) groups excluding carboxylic acids is 1. The number of esters is 1. The molecule has 2 aromatic heterocycles. The van der Waals surface area contributed by atoms with Crippen LogP contribution in [0.25, 0.3) is 0 Å². The quantitative estimate of drug-likeness (QED) is 0.391. The molecule has 2 N–H and O–H groups in total. The first kappa shape index (κ1) is 15.5. The topological polar surface area (TPSA) is 91.0 Å². The van der Waals surface area contributed by atoms with E-state index in [1.54, 1.807) is 19.2 Å². The van der Waals surface area contributed by atoms with Gasteiger partial charge in [0.1, 0.15) is 16.5 Å². The van der Waals surface area contributed by atoms with Crippen molar-refractivity contribution in [2.75, 3.05) is 12.3 Å².